The maximum Gasteiger partial charge on any atom is 0.265 e. The fourth-order valence-electron chi connectivity index (χ4n) is 2.33. The molecule has 3 N–H and O–H groups in total. The lowest BCUT2D eigenvalue weighted by atomic mass is 10.2. The second kappa shape index (κ2) is 6.15. The Morgan fingerprint density at radius 3 is 2.81 bits per heavy atom. The third-order valence-electron chi connectivity index (χ3n) is 3.37. The number of rotatable bonds is 3. The molecule has 1 saturated heterocycles. The van der Waals surface area contributed by atoms with E-state index < -0.39 is 0 Å². The fraction of sp³-hybridized carbons (Fsp3) is 0.267. The van der Waals surface area contributed by atoms with Gasteiger partial charge in [-0.15, -0.1) is 11.3 Å². The Morgan fingerprint density at radius 1 is 1.29 bits per heavy atom. The molecule has 2 heterocycles. The molecule has 0 atom stereocenters. The topological polar surface area (TPSA) is 67.6 Å². The average Bonchev–Trinajstić information content (AvgIpc) is 3.03. The monoisotopic (exact) mass is 303 g/mol. The number of nitrogens with one attached hydrogen (secondary N) is 1. The van der Waals surface area contributed by atoms with Crippen LogP contribution in [0.2, 0.25) is 0 Å². The summed E-state index contributed by atoms with van der Waals surface area (Å²) in [5, 5.41) is 4.85. The third-order valence-corrected chi connectivity index (χ3v) is 4.23. The highest BCUT2D eigenvalue weighted by Gasteiger charge is 2.17. The number of amides is 1. The van der Waals surface area contributed by atoms with Crippen LogP contribution in [0, 0.1) is 0 Å². The van der Waals surface area contributed by atoms with Crippen LogP contribution in [0.3, 0.4) is 0 Å². The van der Waals surface area contributed by atoms with Gasteiger partial charge in [0.2, 0.25) is 0 Å². The normalized spacial score (nSPS) is 15.0. The van der Waals surface area contributed by atoms with Gasteiger partial charge in [0, 0.05) is 18.8 Å². The first-order chi connectivity index (χ1) is 10.2. The highest BCUT2D eigenvalue weighted by atomic mass is 32.1. The standard InChI is InChI=1S/C15H17N3O2S/c16-11-3-4-13(18-5-7-20-8-6-18)12(10-11)17-15(19)14-2-1-9-21-14/h1-4,9-10H,5-8,16H2,(H,17,19). The molecule has 0 saturated carbocycles. The zero-order valence-corrected chi connectivity index (χ0v) is 12.4. The number of hydrogen-bond acceptors (Lipinski definition) is 5. The molecule has 1 aliphatic rings. The van der Waals surface area contributed by atoms with Gasteiger partial charge in [-0.2, -0.15) is 0 Å². The zero-order chi connectivity index (χ0) is 14.7. The minimum atomic E-state index is -0.106. The van der Waals surface area contributed by atoms with E-state index in [1.807, 2.05) is 23.6 Å². The molecule has 21 heavy (non-hydrogen) atoms. The van der Waals surface area contributed by atoms with E-state index in [1.54, 1.807) is 12.1 Å². The van der Waals surface area contributed by atoms with Gasteiger partial charge in [-0.3, -0.25) is 4.79 Å². The lowest BCUT2D eigenvalue weighted by Gasteiger charge is -2.30. The number of morpholine rings is 1. The van der Waals surface area contributed by atoms with Crippen molar-refractivity contribution in [3.63, 3.8) is 0 Å². The number of hydrogen-bond donors (Lipinski definition) is 2. The van der Waals surface area contributed by atoms with Crippen LogP contribution in [0.4, 0.5) is 17.1 Å². The molecule has 1 aliphatic heterocycles. The molecule has 2 aromatic rings. The number of thiophene rings is 1. The predicted molar refractivity (Wildman–Crippen MR) is 86.2 cm³/mol. The van der Waals surface area contributed by atoms with Crippen LogP contribution in [-0.2, 0) is 4.74 Å². The first-order valence-electron chi connectivity index (χ1n) is 6.81. The van der Waals surface area contributed by atoms with Crippen LogP contribution in [0.15, 0.2) is 35.7 Å². The summed E-state index contributed by atoms with van der Waals surface area (Å²) in [5.41, 5.74) is 8.22. The highest BCUT2D eigenvalue weighted by molar-refractivity contribution is 7.12. The van der Waals surface area contributed by atoms with Crippen molar-refractivity contribution < 1.29 is 9.53 Å². The molecule has 1 aromatic carbocycles. The van der Waals surface area contributed by atoms with E-state index in [9.17, 15) is 4.79 Å². The molecule has 110 valence electrons. The molecular formula is C15H17N3O2S. The van der Waals surface area contributed by atoms with Gasteiger partial charge in [-0.05, 0) is 29.6 Å². The van der Waals surface area contributed by atoms with Crippen molar-refractivity contribution >= 4 is 34.3 Å². The molecule has 0 unspecified atom stereocenters. The molecule has 1 amide bonds. The molecular weight excluding hydrogens is 286 g/mol. The summed E-state index contributed by atoms with van der Waals surface area (Å²) in [4.78, 5) is 15.1. The largest absolute Gasteiger partial charge is 0.399 e. The summed E-state index contributed by atoms with van der Waals surface area (Å²) in [6.45, 7) is 3.02. The Bertz CT molecular complexity index is 622. The average molecular weight is 303 g/mol. The fourth-order valence-corrected chi connectivity index (χ4v) is 2.94. The Balaban J connectivity index is 1.85. The maximum atomic E-state index is 12.2. The van der Waals surface area contributed by atoms with Gasteiger partial charge in [-0.25, -0.2) is 0 Å². The second-order valence-electron chi connectivity index (χ2n) is 4.81. The van der Waals surface area contributed by atoms with Crippen molar-refractivity contribution in [1.29, 1.82) is 0 Å². The number of anilines is 3. The highest BCUT2D eigenvalue weighted by Crippen LogP contribution is 2.29. The maximum absolute atomic E-state index is 12.2. The van der Waals surface area contributed by atoms with E-state index in [0.29, 0.717) is 23.8 Å². The van der Waals surface area contributed by atoms with Gasteiger partial charge in [0.05, 0.1) is 29.5 Å². The van der Waals surface area contributed by atoms with E-state index in [-0.39, 0.29) is 5.91 Å². The lowest BCUT2D eigenvalue weighted by Crippen LogP contribution is -2.36. The smallest absolute Gasteiger partial charge is 0.265 e. The van der Waals surface area contributed by atoms with E-state index in [1.165, 1.54) is 11.3 Å². The van der Waals surface area contributed by atoms with Crippen molar-refractivity contribution in [2.75, 3.05) is 42.3 Å². The van der Waals surface area contributed by atoms with Gasteiger partial charge in [-0.1, -0.05) is 6.07 Å². The summed E-state index contributed by atoms with van der Waals surface area (Å²) < 4.78 is 5.37. The summed E-state index contributed by atoms with van der Waals surface area (Å²) in [6, 6.07) is 9.27. The summed E-state index contributed by atoms with van der Waals surface area (Å²) in [5.74, 6) is -0.106. The van der Waals surface area contributed by atoms with Gasteiger partial charge >= 0.3 is 0 Å². The van der Waals surface area contributed by atoms with E-state index >= 15 is 0 Å². The molecule has 0 aliphatic carbocycles. The molecule has 3 rings (SSSR count). The number of benzene rings is 1. The van der Waals surface area contributed by atoms with Crippen LogP contribution < -0.4 is 16.0 Å². The number of carbonyl (C=O) groups is 1. The summed E-state index contributed by atoms with van der Waals surface area (Å²) in [6.07, 6.45) is 0. The van der Waals surface area contributed by atoms with Crippen molar-refractivity contribution in [2.24, 2.45) is 0 Å². The van der Waals surface area contributed by atoms with Gasteiger partial charge in [0.1, 0.15) is 0 Å². The molecule has 1 fully saturated rings. The number of nitrogen functional groups attached to an aromatic ring is 1. The van der Waals surface area contributed by atoms with Crippen molar-refractivity contribution in [1.82, 2.24) is 0 Å². The summed E-state index contributed by atoms with van der Waals surface area (Å²) >= 11 is 1.42. The van der Waals surface area contributed by atoms with Crippen LogP contribution >= 0.6 is 11.3 Å². The second-order valence-corrected chi connectivity index (χ2v) is 5.76. The van der Waals surface area contributed by atoms with E-state index in [0.717, 1.165) is 24.5 Å². The number of nitrogens with zero attached hydrogens (tertiary/aromatic N) is 1. The number of carbonyl (C=O) groups excluding carboxylic acids is 1. The Labute approximate surface area is 127 Å². The Hall–Kier alpha value is -2.05. The molecule has 0 radical (unpaired) electrons. The van der Waals surface area contributed by atoms with E-state index in [2.05, 4.69) is 10.2 Å². The van der Waals surface area contributed by atoms with Crippen molar-refractivity contribution in [3.8, 4) is 0 Å². The minimum absolute atomic E-state index is 0.106. The zero-order valence-electron chi connectivity index (χ0n) is 11.5. The number of nitrogens with two attached hydrogens (primary N) is 1. The predicted octanol–water partition coefficient (Wildman–Crippen LogP) is 2.42. The SMILES string of the molecule is Nc1ccc(N2CCOCC2)c(NC(=O)c2cccs2)c1. The van der Waals surface area contributed by atoms with Gasteiger partial charge < -0.3 is 20.7 Å². The third kappa shape index (κ3) is 3.17. The molecule has 0 bridgehead atoms. The molecule has 6 heteroatoms. The Morgan fingerprint density at radius 2 is 2.10 bits per heavy atom. The minimum Gasteiger partial charge on any atom is -0.399 e. The van der Waals surface area contributed by atoms with Gasteiger partial charge in [0.15, 0.2) is 0 Å². The number of ether oxygens (including phenoxy) is 1. The van der Waals surface area contributed by atoms with Crippen LogP contribution in [-0.4, -0.2) is 32.2 Å². The Kier molecular flexibility index (Phi) is 4.08. The van der Waals surface area contributed by atoms with Crippen LogP contribution in [0.5, 0.6) is 0 Å². The molecule has 1 aromatic heterocycles. The van der Waals surface area contributed by atoms with Crippen molar-refractivity contribution in [2.45, 2.75) is 0 Å². The van der Waals surface area contributed by atoms with Gasteiger partial charge in [0.25, 0.3) is 5.91 Å². The van der Waals surface area contributed by atoms with Crippen LogP contribution in [0.1, 0.15) is 9.67 Å². The summed E-state index contributed by atoms with van der Waals surface area (Å²) in [7, 11) is 0. The molecule has 5 nitrogen and oxygen atoms in total. The lowest BCUT2D eigenvalue weighted by molar-refractivity contribution is 0.103. The first-order valence-corrected chi connectivity index (χ1v) is 7.69. The van der Waals surface area contributed by atoms with Crippen molar-refractivity contribution in [3.05, 3.63) is 40.6 Å². The van der Waals surface area contributed by atoms with E-state index in [4.69, 9.17) is 10.5 Å². The first kappa shape index (κ1) is 13.9. The quantitative estimate of drug-likeness (QED) is 0.855. The van der Waals surface area contributed by atoms with Crippen LogP contribution in [0.25, 0.3) is 0 Å². The molecule has 0 spiro atoms.